The first-order valence-electron chi connectivity index (χ1n) is 5.67. The Morgan fingerprint density at radius 1 is 1.25 bits per heavy atom. The zero-order valence-corrected chi connectivity index (χ0v) is 11.0. The van der Waals surface area contributed by atoms with Gasteiger partial charge in [-0.15, -0.1) is 0 Å². The summed E-state index contributed by atoms with van der Waals surface area (Å²) in [6, 6.07) is 10.8. The molecule has 3 heteroatoms. The molecule has 0 aliphatic rings. The van der Waals surface area contributed by atoms with Crippen LogP contribution in [0.15, 0.2) is 30.3 Å². The van der Waals surface area contributed by atoms with E-state index in [2.05, 4.69) is 43.4 Å². The quantitative estimate of drug-likeness (QED) is 0.800. The number of thioether (sulfide) groups is 1. The minimum Gasteiger partial charge on any atom is -0.395 e. The number of aliphatic hydroxyl groups excluding tert-OH is 1. The smallest absolute Gasteiger partial charge is 0.0547 e. The van der Waals surface area contributed by atoms with Gasteiger partial charge >= 0.3 is 0 Å². The van der Waals surface area contributed by atoms with Gasteiger partial charge in [0.2, 0.25) is 0 Å². The van der Waals surface area contributed by atoms with Crippen LogP contribution in [0.4, 0.5) is 0 Å². The Labute approximate surface area is 102 Å². The molecule has 16 heavy (non-hydrogen) atoms. The van der Waals surface area contributed by atoms with Crippen LogP contribution in [0.2, 0.25) is 0 Å². The monoisotopic (exact) mass is 239 g/mol. The summed E-state index contributed by atoms with van der Waals surface area (Å²) in [4.78, 5) is 0. The largest absolute Gasteiger partial charge is 0.395 e. The maximum Gasteiger partial charge on any atom is 0.0547 e. The molecule has 90 valence electrons. The molecule has 0 amide bonds. The first-order chi connectivity index (χ1) is 7.69. The lowest BCUT2D eigenvalue weighted by Crippen LogP contribution is -2.27. The fourth-order valence-electron chi connectivity index (χ4n) is 1.82. The fourth-order valence-corrected chi connectivity index (χ4v) is 3.09. The number of rotatable bonds is 6. The SMILES string of the molecule is CNC(c1ccccc1)C(C)SC(C)CO. The predicted molar refractivity (Wildman–Crippen MR) is 71.8 cm³/mol. The molecule has 1 aromatic carbocycles. The van der Waals surface area contributed by atoms with Crippen LogP contribution in [0.3, 0.4) is 0 Å². The summed E-state index contributed by atoms with van der Waals surface area (Å²) in [6.45, 7) is 4.49. The zero-order valence-electron chi connectivity index (χ0n) is 10.2. The lowest BCUT2D eigenvalue weighted by atomic mass is 10.0. The lowest BCUT2D eigenvalue weighted by molar-refractivity contribution is 0.299. The van der Waals surface area contributed by atoms with Gasteiger partial charge in [0.25, 0.3) is 0 Å². The van der Waals surface area contributed by atoms with Crippen molar-refractivity contribution in [3.63, 3.8) is 0 Å². The summed E-state index contributed by atoms with van der Waals surface area (Å²) >= 11 is 1.81. The summed E-state index contributed by atoms with van der Waals surface area (Å²) in [5.41, 5.74) is 1.30. The average molecular weight is 239 g/mol. The Morgan fingerprint density at radius 3 is 2.38 bits per heavy atom. The molecule has 3 unspecified atom stereocenters. The molecule has 1 rings (SSSR count). The lowest BCUT2D eigenvalue weighted by Gasteiger charge is -2.25. The molecule has 0 radical (unpaired) electrons. The fraction of sp³-hybridized carbons (Fsp3) is 0.538. The Balaban J connectivity index is 2.67. The number of benzene rings is 1. The normalized spacial score (nSPS) is 16.8. The minimum absolute atomic E-state index is 0.236. The van der Waals surface area contributed by atoms with E-state index in [4.69, 9.17) is 5.11 Å². The highest BCUT2D eigenvalue weighted by molar-refractivity contribution is 8.00. The third kappa shape index (κ3) is 3.81. The van der Waals surface area contributed by atoms with Gasteiger partial charge in [-0.25, -0.2) is 0 Å². The predicted octanol–water partition coefficient (Wildman–Crippen LogP) is 2.45. The van der Waals surface area contributed by atoms with Crippen molar-refractivity contribution in [1.82, 2.24) is 5.32 Å². The van der Waals surface area contributed by atoms with Crippen molar-refractivity contribution >= 4 is 11.8 Å². The Morgan fingerprint density at radius 2 is 1.88 bits per heavy atom. The molecule has 0 aliphatic heterocycles. The molecule has 3 atom stereocenters. The van der Waals surface area contributed by atoms with E-state index in [1.807, 2.05) is 24.9 Å². The van der Waals surface area contributed by atoms with Crippen molar-refractivity contribution in [2.24, 2.45) is 0 Å². The summed E-state index contributed by atoms with van der Waals surface area (Å²) in [7, 11) is 1.98. The van der Waals surface area contributed by atoms with Crippen molar-refractivity contribution in [3.05, 3.63) is 35.9 Å². The molecule has 0 aliphatic carbocycles. The van der Waals surface area contributed by atoms with Gasteiger partial charge in [-0.2, -0.15) is 11.8 Å². The van der Waals surface area contributed by atoms with Crippen molar-refractivity contribution in [3.8, 4) is 0 Å². The number of hydrogen-bond acceptors (Lipinski definition) is 3. The number of aliphatic hydroxyl groups is 1. The molecule has 0 saturated heterocycles. The molecular weight excluding hydrogens is 218 g/mol. The van der Waals surface area contributed by atoms with E-state index in [-0.39, 0.29) is 11.9 Å². The summed E-state index contributed by atoms with van der Waals surface area (Å²) in [5.74, 6) is 0. The van der Waals surface area contributed by atoms with Crippen molar-refractivity contribution < 1.29 is 5.11 Å². The second-order valence-electron chi connectivity index (χ2n) is 4.01. The van der Waals surface area contributed by atoms with Crippen molar-refractivity contribution in [2.75, 3.05) is 13.7 Å². The Bertz CT molecular complexity index is 291. The first kappa shape index (κ1) is 13.6. The van der Waals surface area contributed by atoms with Crippen LogP contribution in [0.5, 0.6) is 0 Å². The first-order valence-corrected chi connectivity index (χ1v) is 6.61. The van der Waals surface area contributed by atoms with Crippen LogP contribution in [0, 0.1) is 0 Å². The molecule has 0 saturated carbocycles. The van der Waals surface area contributed by atoms with E-state index >= 15 is 0 Å². The number of hydrogen-bond donors (Lipinski definition) is 2. The second kappa shape index (κ2) is 6.94. The second-order valence-corrected chi connectivity index (χ2v) is 5.83. The van der Waals surface area contributed by atoms with Gasteiger partial charge in [0.05, 0.1) is 6.61 Å². The molecule has 2 nitrogen and oxygen atoms in total. The van der Waals surface area contributed by atoms with Crippen LogP contribution >= 0.6 is 11.8 Å². The Kier molecular flexibility index (Phi) is 5.88. The third-order valence-corrected chi connectivity index (χ3v) is 3.96. The molecule has 0 aromatic heterocycles. The van der Waals surface area contributed by atoms with Crippen molar-refractivity contribution in [2.45, 2.75) is 30.4 Å². The van der Waals surface area contributed by atoms with Gasteiger partial charge in [0, 0.05) is 16.5 Å². The summed E-state index contributed by atoms with van der Waals surface area (Å²) in [6.07, 6.45) is 0. The highest BCUT2D eigenvalue weighted by Crippen LogP contribution is 2.28. The molecule has 1 aromatic rings. The number of nitrogens with one attached hydrogen (secondary N) is 1. The van der Waals surface area contributed by atoms with Gasteiger partial charge < -0.3 is 10.4 Å². The molecular formula is C13H21NOS. The van der Waals surface area contributed by atoms with Gasteiger partial charge in [0.15, 0.2) is 0 Å². The average Bonchev–Trinajstić information content (AvgIpc) is 2.31. The van der Waals surface area contributed by atoms with Gasteiger partial charge in [-0.1, -0.05) is 44.2 Å². The van der Waals surface area contributed by atoms with E-state index in [1.165, 1.54) is 5.56 Å². The van der Waals surface area contributed by atoms with E-state index < -0.39 is 0 Å². The molecule has 0 spiro atoms. The van der Waals surface area contributed by atoms with Gasteiger partial charge in [-0.3, -0.25) is 0 Å². The van der Waals surface area contributed by atoms with E-state index in [9.17, 15) is 0 Å². The van der Waals surface area contributed by atoms with Crippen LogP contribution in [-0.2, 0) is 0 Å². The minimum atomic E-state index is 0.236. The van der Waals surface area contributed by atoms with Crippen LogP contribution < -0.4 is 5.32 Å². The van der Waals surface area contributed by atoms with Gasteiger partial charge in [-0.05, 0) is 12.6 Å². The summed E-state index contributed by atoms with van der Waals surface area (Å²) in [5, 5.41) is 13.1. The molecule has 0 fully saturated rings. The maximum atomic E-state index is 9.07. The maximum absolute atomic E-state index is 9.07. The molecule has 2 N–H and O–H groups in total. The molecule has 0 bridgehead atoms. The third-order valence-electron chi connectivity index (χ3n) is 2.64. The van der Waals surface area contributed by atoms with Crippen molar-refractivity contribution in [1.29, 1.82) is 0 Å². The Hall–Kier alpha value is -0.510. The van der Waals surface area contributed by atoms with Gasteiger partial charge in [0.1, 0.15) is 0 Å². The highest BCUT2D eigenvalue weighted by atomic mass is 32.2. The highest BCUT2D eigenvalue weighted by Gasteiger charge is 2.19. The molecule has 0 heterocycles. The van der Waals surface area contributed by atoms with Crippen LogP contribution in [0.1, 0.15) is 25.5 Å². The van der Waals surface area contributed by atoms with E-state index in [1.54, 1.807) is 0 Å². The van der Waals surface area contributed by atoms with Crippen LogP contribution in [-0.4, -0.2) is 29.3 Å². The summed E-state index contributed by atoms with van der Waals surface area (Å²) < 4.78 is 0. The van der Waals surface area contributed by atoms with Crippen LogP contribution in [0.25, 0.3) is 0 Å². The topological polar surface area (TPSA) is 32.3 Å². The zero-order chi connectivity index (χ0) is 12.0. The van der Waals surface area contributed by atoms with E-state index in [0.29, 0.717) is 11.3 Å². The standard InChI is InChI=1S/C13H21NOS/c1-10(9-15)16-11(2)13(14-3)12-7-5-4-6-8-12/h4-8,10-11,13-15H,9H2,1-3H3. The van der Waals surface area contributed by atoms with E-state index in [0.717, 1.165) is 0 Å².